The predicted octanol–water partition coefficient (Wildman–Crippen LogP) is 5.50. The van der Waals surface area contributed by atoms with E-state index in [-0.39, 0.29) is 11.9 Å². The van der Waals surface area contributed by atoms with Crippen molar-refractivity contribution in [2.75, 3.05) is 13.1 Å². The fourth-order valence-corrected chi connectivity index (χ4v) is 5.04. The second-order valence-electron chi connectivity index (χ2n) is 9.46. The molecule has 0 amide bonds. The topological polar surface area (TPSA) is 104 Å². The number of benzene rings is 1. The molecule has 38 heavy (non-hydrogen) atoms. The van der Waals surface area contributed by atoms with Gasteiger partial charge in [0.15, 0.2) is 0 Å². The molecule has 9 heteroatoms. The minimum atomic E-state index is -0.280. The molecule has 1 aliphatic heterocycles. The summed E-state index contributed by atoms with van der Waals surface area (Å²) in [6.07, 6.45) is 7.41. The van der Waals surface area contributed by atoms with Crippen molar-refractivity contribution in [3.8, 4) is 39.5 Å². The molecular weight excluding hydrogens is 481 g/mol. The highest BCUT2D eigenvalue weighted by molar-refractivity contribution is 5.99. The van der Waals surface area contributed by atoms with Crippen molar-refractivity contribution >= 4 is 22.1 Å². The molecule has 8 nitrogen and oxygen atoms in total. The van der Waals surface area contributed by atoms with E-state index in [0.29, 0.717) is 11.3 Å². The van der Waals surface area contributed by atoms with Crippen molar-refractivity contribution in [3.63, 3.8) is 0 Å². The van der Waals surface area contributed by atoms with Crippen LogP contribution in [0.15, 0.2) is 73.2 Å². The highest BCUT2D eigenvalue weighted by Crippen LogP contribution is 2.34. The van der Waals surface area contributed by atoms with Gasteiger partial charge in [0.05, 0.1) is 23.1 Å². The van der Waals surface area contributed by atoms with Gasteiger partial charge >= 0.3 is 0 Å². The number of pyridine rings is 3. The van der Waals surface area contributed by atoms with Gasteiger partial charge in [0.2, 0.25) is 0 Å². The first-order chi connectivity index (χ1) is 18.7. The molecule has 6 heterocycles. The molecular formula is C29H24FN7O. The Bertz CT molecular complexity index is 1770. The van der Waals surface area contributed by atoms with E-state index in [1.165, 1.54) is 12.1 Å². The van der Waals surface area contributed by atoms with Crippen LogP contribution < -0.4 is 10.1 Å². The molecule has 1 saturated heterocycles. The van der Waals surface area contributed by atoms with Crippen molar-refractivity contribution in [2.24, 2.45) is 0 Å². The van der Waals surface area contributed by atoms with Crippen LogP contribution in [0.25, 0.3) is 55.8 Å². The van der Waals surface area contributed by atoms with E-state index in [4.69, 9.17) is 9.72 Å². The summed E-state index contributed by atoms with van der Waals surface area (Å²) in [5, 5.41) is 11.9. The SMILES string of the molecule is Fc1cccc(-c2ccnc3[nH]c(-c4n[nH]c5ccc(-c6cncc(OC7CCNCC7)c6)nc45)cc23)c1. The third kappa shape index (κ3) is 4.16. The molecule has 3 N–H and O–H groups in total. The molecule has 0 saturated carbocycles. The normalized spacial score (nSPS) is 14.3. The van der Waals surface area contributed by atoms with Gasteiger partial charge in [0.25, 0.3) is 0 Å². The van der Waals surface area contributed by atoms with Crippen LogP contribution in [0.4, 0.5) is 4.39 Å². The van der Waals surface area contributed by atoms with Crippen LogP contribution in [0.3, 0.4) is 0 Å². The number of H-pyrrole nitrogens is 2. The van der Waals surface area contributed by atoms with E-state index >= 15 is 0 Å². The van der Waals surface area contributed by atoms with E-state index < -0.39 is 0 Å². The number of fused-ring (bicyclic) bond motifs is 2. The maximum Gasteiger partial charge on any atom is 0.138 e. The lowest BCUT2D eigenvalue weighted by Crippen LogP contribution is -2.34. The molecule has 0 radical (unpaired) electrons. The lowest BCUT2D eigenvalue weighted by atomic mass is 10.0. The van der Waals surface area contributed by atoms with Gasteiger partial charge in [-0.2, -0.15) is 5.10 Å². The molecule has 1 aliphatic rings. The zero-order valence-electron chi connectivity index (χ0n) is 20.4. The summed E-state index contributed by atoms with van der Waals surface area (Å²) in [6.45, 7) is 1.93. The minimum Gasteiger partial charge on any atom is -0.489 e. The zero-order valence-corrected chi connectivity index (χ0v) is 20.4. The number of hydrogen-bond donors (Lipinski definition) is 3. The monoisotopic (exact) mass is 505 g/mol. The summed E-state index contributed by atoms with van der Waals surface area (Å²) < 4.78 is 20.1. The largest absolute Gasteiger partial charge is 0.489 e. The Morgan fingerprint density at radius 1 is 0.947 bits per heavy atom. The first kappa shape index (κ1) is 22.6. The summed E-state index contributed by atoms with van der Waals surface area (Å²) in [5.41, 5.74) is 7.02. The van der Waals surface area contributed by atoms with Gasteiger partial charge in [-0.15, -0.1) is 0 Å². The fourth-order valence-electron chi connectivity index (χ4n) is 5.04. The van der Waals surface area contributed by atoms with E-state index in [2.05, 4.69) is 30.5 Å². The fraction of sp³-hybridized carbons (Fsp3) is 0.172. The third-order valence-electron chi connectivity index (χ3n) is 6.93. The Labute approximate surface area is 217 Å². The van der Waals surface area contributed by atoms with Gasteiger partial charge in [-0.1, -0.05) is 12.1 Å². The van der Waals surface area contributed by atoms with E-state index in [9.17, 15) is 4.39 Å². The minimum absolute atomic E-state index is 0.192. The van der Waals surface area contributed by atoms with Gasteiger partial charge in [-0.05, 0) is 79.5 Å². The van der Waals surface area contributed by atoms with Crippen LogP contribution in [0.5, 0.6) is 5.75 Å². The number of rotatable bonds is 5. The average molecular weight is 506 g/mol. The third-order valence-corrected chi connectivity index (χ3v) is 6.93. The Kier molecular flexibility index (Phi) is 5.55. The van der Waals surface area contributed by atoms with Gasteiger partial charge in [-0.25, -0.2) is 14.4 Å². The number of aromatic amines is 2. The van der Waals surface area contributed by atoms with Crippen LogP contribution in [0.1, 0.15) is 12.8 Å². The van der Waals surface area contributed by atoms with Crippen molar-refractivity contribution in [1.29, 1.82) is 0 Å². The van der Waals surface area contributed by atoms with Crippen LogP contribution >= 0.6 is 0 Å². The second-order valence-corrected chi connectivity index (χ2v) is 9.46. The van der Waals surface area contributed by atoms with Crippen LogP contribution in [0, 0.1) is 5.82 Å². The molecule has 5 aromatic heterocycles. The van der Waals surface area contributed by atoms with Crippen molar-refractivity contribution in [1.82, 2.24) is 35.5 Å². The summed E-state index contributed by atoms with van der Waals surface area (Å²) in [6, 6.07) is 16.3. The van der Waals surface area contributed by atoms with Gasteiger partial charge in [0.1, 0.15) is 34.5 Å². The summed E-state index contributed by atoms with van der Waals surface area (Å²) in [7, 11) is 0. The van der Waals surface area contributed by atoms with Crippen LogP contribution in [0.2, 0.25) is 0 Å². The number of nitrogens with zero attached hydrogens (tertiary/aromatic N) is 4. The molecule has 0 unspecified atom stereocenters. The molecule has 1 fully saturated rings. The van der Waals surface area contributed by atoms with E-state index in [0.717, 1.165) is 76.2 Å². The first-order valence-electron chi connectivity index (χ1n) is 12.6. The number of aromatic nitrogens is 6. The maximum atomic E-state index is 13.9. The maximum absolute atomic E-state index is 13.9. The van der Waals surface area contributed by atoms with E-state index in [1.807, 2.05) is 36.4 Å². The Hall–Kier alpha value is -4.63. The molecule has 0 atom stereocenters. The smallest absolute Gasteiger partial charge is 0.138 e. The Morgan fingerprint density at radius 3 is 2.76 bits per heavy atom. The highest BCUT2D eigenvalue weighted by Gasteiger charge is 2.18. The van der Waals surface area contributed by atoms with Crippen molar-refractivity contribution in [3.05, 3.63) is 79.0 Å². The number of nitrogens with one attached hydrogen (secondary N) is 3. The molecule has 6 aromatic rings. The second kappa shape index (κ2) is 9.35. The molecule has 0 spiro atoms. The average Bonchev–Trinajstić information content (AvgIpc) is 3.57. The lowest BCUT2D eigenvalue weighted by molar-refractivity contribution is 0.162. The lowest BCUT2D eigenvalue weighted by Gasteiger charge is -2.23. The summed E-state index contributed by atoms with van der Waals surface area (Å²) in [4.78, 5) is 17.2. The number of hydrogen-bond acceptors (Lipinski definition) is 6. The van der Waals surface area contributed by atoms with Gasteiger partial charge < -0.3 is 15.0 Å². The number of ether oxygens (including phenoxy) is 1. The van der Waals surface area contributed by atoms with Gasteiger partial charge in [0, 0.05) is 23.3 Å². The number of piperidine rings is 1. The molecule has 188 valence electrons. The quantitative estimate of drug-likeness (QED) is 0.286. The molecule has 0 aliphatic carbocycles. The zero-order chi connectivity index (χ0) is 25.5. The van der Waals surface area contributed by atoms with E-state index in [1.54, 1.807) is 24.7 Å². The number of halogens is 1. The molecule has 7 rings (SSSR count). The Balaban J connectivity index is 1.26. The van der Waals surface area contributed by atoms with Crippen molar-refractivity contribution in [2.45, 2.75) is 18.9 Å². The molecule has 0 bridgehead atoms. The van der Waals surface area contributed by atoms with Crippen LogP contribution in [-0.2, 0) is 0 Å². The molecule has 1 aromatic carbocycles. The predicted molar refractivity (Wildman–Crippen MR) is 144 cm³/mol. The standard InChI is InChI=1S/C29H24FN7O/c30-19-3-1-2-17(12-19)22-8-11-33-29-23(22)14-26(35-29)28-27-25(36-37-28)5-4-24(34-27)18-13-21(16-32-15-18)38-20-6-9-31-10-7-20/h1-5,8,11-16,20,31H,6-7,9-10H2,(H,33,35)(H,36,37). The van der Waals surface area contributed by atoms with Crippen LogP contribution in [-0.4, -0.2) is 49.3 Å². The van der Waals surface area contributed by atoms with Crippen molar-refractivity contribution < 1.29 is 9.13 Å². The Morgan fingerprint density at radius 2 is 1.87 bits per heavy atom. The van der Waals surface area contributed by atoms with Gasteiger partial charge in [-0.3, -0.25) is 10.1 Å². The highest BCUT2D eigenvalue weighted by atomic mass is 19.1. The summed E-state index contributed by atoms with van der Waals surface area (Å²) in [5.74, 6) is 0.466. The first-order valence-corrected chi connectivity index (χ1v) is 12.6. The summed E-state index contributed by atoms with van der Waals surface area (Å²) >= 11 is 0.